The fourth-order valence-electron chi connectivity index (χ4n) is 6.90. The molecule has 2 N–H and O–H groups in total. The van der Waals surface area contributed by atoms with E-state index in [1.807, 2.05) is 91.0 Å². The zero-order valence-electron chi connectivity index (χ0n) is 28.8. The number of carbonyl (C=O) groups excluding carboxylic acids is 2. The van der Waals surface area contributed by atoms with Gasteiger partial charge in [0.1, 0.15) is 6.04 Å². The van der Waals surface area contributed by atoms with Crippen molar-refractivity contribution in [3.05, 3.63) is 119 Å². The van der Waals surface area contributed by atoms with Gasteiger partial charge in [-0.2, -0.15) is 13.2 Å². The number of aromatic nitrogens is 1. The van der Waals surface area contributed by atoms with Crippen LogP contribution >= 0.6 is 23.1 Å². The van der Waals surface area contributed by atoms with Crippen LogP contribution in [-0.2, 0) is 32.2 Å². The maximum atomic E-state index is 13.1. The number of rotatable bonds is 10. The summed E-state index contributed by atoms with van der Waals surface area (Å²) in [6.07, 6.45) is -5.62. The fraction of sp³-hybridized carbons (Fsp3) is 0.325. The molecule has 53 heavy (non-hydrogen) atoms. The number of alkyl halides is 3. The average molecular weight is 762 g/mol. The van der Waals surface area contributed by atoms with Crippen LogP contribution in [0.15, 0.2) is 101 Å². The largest absolute Gasteiger partial charge is 0.471 e. The van der Waals surface area contributed by atoms with Gasteiger partial charge in [-0.05, 0) is 52.8 Å². The number of para-hydroxylation sites is 1. The molecule has 13 heteroatoms. The van der Waals surface area contributed by atoms with Crippen LogP contribution in [0.3, 0.4) is 0 Å². The molecule has 0 spiro atoms. The second-order valence-electron chi connectivity index (χ2n) is 13.2. The van der Waals surface area contributed by atoms with E-state index < -0.39 is 30.3 Å². The quantitative estimate of drug-likeness (QED) is 0.139. The molecule has 2 saturated heterocycles. The van der Waals surface area contributed by atoms with Gasteiger partial charge in [0.15, 0.2) is 10.6 Å². The molecule has 2 fully saturated rings. The van der Waals surface area contributed by atoms with Crippen molar-refractivity contribution in [3.63, 3.8) is 0 Å². The molecule has 1 aromatic heterocycles. The van der Waals surface area contributed by atoms with Crippen molar-refractivity contribution in [1.82, 2.24) is 15.2 Å². The summed E-state index contributed by atoms with van der Waals surface area (Å²) >= 11 is 3.33. The van der Waals surface area contributed by atoms with E-state index in [-0.39, 0.29) is 44.2 Å². The molecular formula is C40H38F3N3O5S2. The van der Waals surface area contributed by atoms with Gasteiger partial charge in [-0.25, -0.2) is 4.98 Å². The Balaban J connectivity index is 1.07. The third kappa shape index (κ3) is 8.29. The highest BCUT2D eigenvalue weighted by Crippen LogP contribution is 2.44. The Hall–Kier alpha value is -4.27. The highest BCUT2D eigenvalue weighted by Gasteiger charge is 2.47. The van der Waals surface area contributed by atoms with Gasteiger partial charge >= 0.3 is 12.1 Å². The van der Waals surface area contributed by atoms with Gasteiger partial charge in [0.2, 0.25) is 5.91 Å². The van der Waals surface area contributed by atoms with Gasteiger partial charge in [0, 0.05) is 30.3 Å². The number of aliphatic hydroxyl groups is 1. The van der Waals surface area contributed by atoms with Crippen LogP contribution in [-0.4, -0.2) is 57.4 Å². The average Bonchev–Trinajstić information content (AvgIpc) is 3.84. The molecule has 5 unspecified atom stereocenters. The number of nitrogens with zero attached hydrogens (tertiary/aromatic N) is 2. The number of thiazole rings is 1. The first kappa shape index (κ1) is 37.1. The van der Waals surface area contributed by atoms with E-state index in [2.05, 4.69) is 18.3 Å². The van der Waals surface area contributed by atoms with E-state index in [1.165, 1.54) is 0 Å². The fourth-order valence-corrected chi connectivity index (χ4v) is 9.16. The first-order valence-corrected chi connectivity index (χ1v) is 19.2. The Kier molecular flexibility index (Phi) is 11.2. The molecule has 0 saturated carbocycles. The molecule has 7 rings (SSSR count). The standard InChI is InChI=1S/C40H38F3N3O5S2/c1-24-33(23-52-39-45-31-9-4-5-11-34(31)53-39)50-37(51-35(24)27-14-12-25(22-47)13-15-27)28-18-16-26(17-19-28)30-8-3-2-7-29(30)21-44-36(48)32-10-6-20-46(32)38(49)40(41,42)43/h2-5,7-9,11-19,24,32-33,35,37,47H,6,10,20-23H2,1H3,(H,44,48). The molecule has 2 amide bonds. The second kappa shape index (κ2) is 16.0. The van der Waals surface area contributed by atoms with Crippen molar-refractivity contribution in [2.24, 2.45) is 5.92 Å². The minimum absolute atomic E-state index is 0.0114. The number of benzene rings is 4. The summed E-state index contributed by atoms with van der Waals surface area (Å²) in [6, 6.07) is 30.0. The van der Waals surface area contributed by atoms with Crippen LogP contribution < -0.4 is 5.32 Å². The normalized spacial score (nSPS) is 21.9. The lowest BCUT2D eigenvalue weighted by atomic mass is 9.91. The number of hydrogen-bond donors (Lipinski definition) is 2. The summed E-state index contributed by atoms with van der Waals surface area (Å²) < 4.78 is 54.8. The van der Waals surface area contributed by atoms with Gasteiger partial charge in [0.25, 0.3) is 0 Å². The Morgan fingerprint density at radius 1 is 0.962 bits per heavy atom. The molecule has 0 aliphatic carbocycles. The summed E-state index contributed by atoms with van der Waals surface area (Å²) in [7, 11) is 0. The molecule has 2 aliphatic rings. The second-order valence-corrected chi connectivity index (χ2v) is 15.5. The van der Waals surface area contributed by atoms with Crippen molar-refractivity contribution in [3.8, 4) is 11.1 Å². The molecular weight excluding hydrogens is 724 g/mol. The van der Waals surface area contributed by atoms with Crippen molar-refractivity contribution in [2.45, 2.75) is 68.0 Å². The first-order valence-electron chi connectivity index (χ1n) is 17.4. The Morgan fingerprint density at radius 3 is 2.42 bits per heavy atom. The number of ether oxygens (including phenoxy) is 2. The lowest BCUT2D eigenvalue weighted by molar-refractivity contribution is -0.268. The monoisotopic (exact) mass is 761 g/mol. The van der Waals surface area contributed by atoms with E-state index in [0.717, 1.165) is 47.9 Å². The number of fused-ring (bicyclic) bond motifs is 1. The van der Waals surface area contributed by atoms with Gasteiger partial charge < -0.3 is 24.8 Å². The maximum Gasteiger partial charge on any atom is 0.471 e. The number of halogens is 3. The number of amides is 2. The highest BCUT2D eigenvalue weighted by molar-refractivity contribution is 8.01. The topological polar surface area (TPSA) is 101 Å². The molecule has 276 valence electrons. The summed E-state index contributed by atoms with van der Waals surface area (Å²) in [4.78, 5) is 30.3. The third-order valence-electron chi connectivity index (χ3n) is 9.79. The minimum Gasteiger partial charge on any atom is -0.392 e. The lowest BCUT2D eigenvalue weighted by Crippen LogP contribution is -2.50. The summed E-state index contributed by atoms with van der Waals surface area (Å²) in [5.74, 6) is -1.91. The molecule has 5 aromatic rings. The highest BCUT2D eigenvalue weighted by atomic mass is 32.2. The molecule has 5 atom stereocenters. The molecule has 0 radical (unpaired) electrons. The molecule has 8 nitrogen and oxygen atoms in total. The van der Waals surface area contributed by atoms with Crippen molar-refractivity contribution >= 4 is 45.1 Å². The van der Waals surface area contributed by atoms with Gasteiger partial charge in [-0.1, -0.05) is 104 Å². The number of carbonyl (C=O) groups is 2. The number of aliphatic hydroxyl groups excluding tert-OH is 1. The number of thioether (sulfide) groups is 1. The number of likely N-dealkylation sites (tertiary alicyclic amines) is 1. The summed E-state index contributed by atoms with van der Waals surface area (Å²) in [5, 5.41) is 12.4. The minimum atomic E-state index is -5.03. The molecule has 4 aromatic carbocycles. The maximum absolute atomic E-state index is 13.1. The van der Waals surface area contributed by atoms with E-state index in [0.29, 0.717) is 17.1 Å². The van der Waals surface area contributed by atoms with E-state index in [1.54, 1.807) is 23.1 Å². The van der Waals surface area contributed by atoms with Crippen molar-refractivity contribution < 1.29 is 37.3 Å². The van der Waals surface area contributed by atoms with Gasteiger partial charge in [-0.15, -0.1) is 11.3 Å². The van der Waals surface area contributed by atoms with Gasteiger partial charge in [-0.3, -0.25) is 9.59 Å². The van der Waals surface area contributed by atoms with Crippen LogP contribution in [0, 0.1) is 5.92 Å². The zero-order chi connectivity index (χ0) is 37.1. The predicted molar refractivity (Wildman–Crippen MR) is 198 cm³/mol. The molecule has 0 bridgehead atoms. The van der Waals surface area contributed by atoms with Gasteiger partial charge in [0.05, 0.1) is 29.0 Å². The SMILES string of the molecule is CC1C(CSc2nc3ccccc3s2)OC(c2ccc(-c3ccccc3CNC(=O)C3CCCN3C(=O)C(F)(F)F)cc2)OC1c1ccc(CO)cc1. The molecule has 3 heterocycles. The summed E-state index contributed by atoms with van der Waals surface area (Å²) in [5.41, 5.74) is 6.11. The van der Waals surface area contributed by atoms with Crippen molar-refractivity contribution in [2.75, 3.05) is 12.3 Å². The van der Waals surface area contributed by atoms with Crippen LogP contribution in [0.1, 0.15) is 54.4 Å². The van der Waals surface area contributed by atoms with Crippen LogP contribution in [0.25, 0.3) is 21.3 Å². The Bertz CT molecular complexity index is 2020. The van der Waals surface area contributed by atoms with E-state index >= 15 is 0 Å². The zero-order valence-corrected chi connectivity index (χ0v) is 30.4. The number of nitrogens with one attached hydrogen (secondary N) is 1. The van der Waals surface area contributed by atoms with Crippen LogP contribution in [0.4, 0.5) is 13.2 Å². The summed E-state index contributed by atoms with van der Waals surface area (Å²) in [6.45, 7) is 2.06. The Morgan fingerprint density at radius 2 is 1.68 bits per heavy atom. The van der Waals surface area contributed by atoms with Crippen LogP contribution in [0.2, 0.25) is 0 Å². The number of hydrogen-bond acceptors (Lipinski definition) is 8. The van der Waals surface area contributed by atoms with Crippen LogP contribution in [0.5, 0.6) is 0 Å². The smallest absolute Gasteiger partial charge is 0.392 e. The van der Waals surface area contributed by atoms with E-state index in [4.69, 9.17) is 14.5 Å². The van der Waals surface area contributed by atoms with Crippen molar-refractivity contribution in [1.29, 1.82) is 0 Å². The lowest BCUT2D eigenvalue weighted by Gasteiger charge is -2.41. The Labute approximate surface area is 313 Å². The third-order valence-corrected chi connectivity index (χ3v) is 12.1. The predicted octanol–water partition coefficient (Wildman–Crippen LogP) is 8.21. The first-order chi connectivity index (χ1) is 25.6. The van der Waals surface area contributed by atoms with E-state index in [9.17, 15) is 27.9 Å². The molecule has 2 aliphatic heterocycles.